The molecule has 0 saturated heterocycles. The summed E-state index contributed by atoms with van der Waals surface area (Å²) in [5.41, 5.74) is -3.28. The summed E-state index contributed by atoms with van der Waals surface area (Å²) in [5, 5.41) is 0. The Labute approximate surface area is 142 Å². The molecule has 1 N–H and O–H groups in total. The second kappa shape index (κ2) is 6.85. The normalized spacial score (nSPS) is 13.3. The highest BCUT2D eigenvalue weighted by molar-refractivity contribution is 5.97. The minimum absolute atomic E-state index is 0.0104. The smallest absolute Gasteiger partial charge is 0.429 e. The number of H-pyrrole nitrogens is 1. The predicted octanol–water partition coefficient (Wildman–Crippen LogP) is 4.70. The lowest BCUT2D eigenvalue weighted by atomic mass is 10.0. The zero-order chi connectivity index (χ0) is 19.7. The summed E-state index contributed by atoms with van der Waals surface area (Å²) in [6.45, 7) is 1.16. The van der Waals surface area contributed by atoms with Gasteiger partial charge in [0, 0.05) is 17.3 Å². The van der Waals surface area contributed by atoms with Crippen LogP contribution in [-0.4, -0.2) is 22.9 Å². The van der Waals surface area contributed by atoms with Gasteiger partial charge in [0.15, 0.2) is 5.78 Å². The number of hydrogen-bond acceptors (Lipinski definition) is 3. The molecule has 140 valence electrons. The van der Waals surface area contributed by atoms with E-state index in [2.05, 4.69) is 9.72 Å². The number of ketones is 1. The van der Waals surface area contributed by atoms with Crippen molar-refractivity contribution in [1.29, 1.82) is 0 Å². The Morgan fingerprint density at radius 3 is 2.19 bits per heavy atom. The summed E-state index contributed by atoms with van der Waals surface area (Å²) in [4.78, 5) is 25.3. The van der Waals surface area contributed by atoms with Gasteiger partial charge in [-0.3, -0.25) is 4.79 Å². The van der Waals surface area contributed by atoms with E-state index in [0.29, 0.717) is 12.1 Å². The SMILES string of the molecule is CC(=O)c1c[nH]c(C(=O)O[C@@H](c2ccccc2C(F)(F)F)C(F)(F)F)c1. The maximum Gasteiger partial charge on any atom is 0.429 e. The Balaban J connectivity index is 2.41. The number of alkyl halides is 6. The number of benzene rings is 1. The van der Waals surface area contributed by atoms with Crippen molar-refractivity contribution >= 4 is 11.8 Å². The molecule has 1 aromatic heterocycles. The first kappa shape index (κ1) is 19.5. The van der Waals surface area contributed by atoms with Crippen molar-refractivity contribution in [2.24, 2.45) is 0 Å². The molecule has 10 heteroatoms. The lowest BCUT2D eigenvalue weighted by Gasteiger charge is -2.23. The van der Waals surface area contributed by atoms with Crippen molar-refractivity contribution in [2.45, 2.75) is 25.4 Å². The molecule has 0 saturated carbocycles. The van der Waals surface area contributed by atoms with Gasteiger partial charge in [-0.15, -0.1) is 0 Å². The molecular weight excluding hydrogens is 368 g/mol. The maximum absolute atomic E-state index is 13.3. The van der Waals surface area contributed by atoms with E-state index >= 15 is 0 Å². The Kier molecular flexibility index (Phi) is 5.15. The molecule has 0 bridgehead atoms. The van der Waals surface area contributed by atoms with Crippen molar-refractivity contribution in [1.82, 2.24) is 4.98 Å². The molecule has 4 nitrogen and oxygen atoms in total. The third kappa shape index (κ3) is 4.24. The molecule has 0 radical (unpaired) electrons. The molecule has 0 fully saturated rings. The monoisotopic (exact) mass is 379 g/mol. The number of aromatic amines is 1. The Hall–Kier alpha value is -2.78. The van der Waals surface area contributed by atoms with Crippen LogP contribution in [0.1, 0.15) is 45.0 Å². The highest BCUT2D eigenvalue weighted by Gasteiger charge is 2.48. The van der Waals surface area contributed by atoms with Crippen LogP contribution >= 0.6 is 0 Å². The van der Waals surface area contributed by atoms with Crippen LogP contribution in [0, 0.1) is 0 Å². The molecular formula is C16H11F6NO3. The third-order valence-corrected chi connectivity index (χ3v) is 3.38. The first-order valence-corrected chi connectivity index (χ1v) is 7.04. The Morgan fingerprint density at radius 1 is 1.08 bits per heavy atom. The van der Waals surface area contributed by atoms with Crippen molar-refractivity contribution in [3.05, 3.63) is 58.9 Å². The topological polar surface area (TPSA) is 59.2 Å². The molecule has 0 amide bonds. The van der Waals surface area contributed by atoms with Crippen LogP contribution in [0.2, 0.25) is 0 Å². The van der Waals surface area contributed by atoms with Gasteiger partial charge >= 0.3 is 18.3 Å². The van der Waals surface area contributed by atoms with Crippen molar-refractivity contribution in [2.75, 3.05) is 0 Å². The summed E-state index contributed by atoms with van der Waals surface area (Å²) in [6.07, 6.45) is -12.4. The van der Waals surface area contributed by atoms with Gasteiger partial charge < -0.3 is 9.72 Å². The first-order chi connectivity index (χ1) is 11.9. The number of ether oxygens (including phenoxy) is 1. The molecule has 0 aliphatic carbocycles. The molecule has 0 aliphatic rings. The lowest BCUT2D eigenvalue weighted by molar-refractivity contribution is -0.210. The Bertz CT molecular complexity index is 822. The van der Waals surface area contributed by atoms with E-state index < -0.39 is 47.0 Å². The average Bonchev–Trinajstić information content (AvgIpc) is 3.00. The summed E-state index contributed by atoms with van der Waals surface area (Å²) in [6, 6.07) is 3.90. The van der Waals surface area contributed by atoms with Crippen LogP contribution in [-0.2, 0) is 10.9 Å². The van der Waals surface area contributed by atoms with Crippen LogP contribution in [0.3, 0.4) is 0 Å². The second-order valence-electron chi connectivity index (χ2n) is 5.27. The first-order valence-electron chi connectivity index (χ1n) is 7.04. The number of halogens is 6. The van der Waals surface area contributed by atoms with Crippen LogP contribution < -0.4 is 0 Å². The number of carbonyl (C=O) groups is 2. The summed E-state index contributed by atoms with van der Waals surface area (Å²) >= 11 is 0. The van der Waals surface area contributed by atoms with E-state index in [1.807, 2.05) is 0 Å². The van der Waals surface area contributed by atoms with Gasteiger partial charge in [-0.2, -0.15) is 26.3 Å². The van der Waals surface area contributed by atoms with E-state index in [1.54, 1.807) is 0 Å². The molecule has 26 heavy (non-hydrogen) atoms. The fourth-order valence-corrected chi connectivity index (χ4v) is 2.18. The fraction of sp³-hybridized carbons (Fsp3) is 0.250. The van der Waals surface area contributed by atoms with Gasteiger partial charge in [0.25, 0.3) is 0 Å². The number of carbonyl (C=O) groups excluding carboxylic acids is 2. The fourth-order valence-electron chi connectivity index (χ4n) is 2.18. The number of esters is 1. The summed E-state index contributed by atoms with van der Waals surface area (Å²) in [5.74, 6) is -2.01. The molecule has 1 aromatic carbocycles. The summed E-state index contributed by atoms with van der Waals surface area (Å²) in [7, 11) is 0. The number of rotatable bonds is 4. The minimum atomic E-state index is -5.28. The molecule has 2 aromatic rings. The molecule has 1 atom stereocenters. The van der Waals surface area contributed by atoms with E-state index in [1.165, 1.54) is 0 Å². The predicted molar refractivity (Wildman–Crippen MR) is 76.5 cm³/mol. The van der Waals surface area contributed by atoms with E-state index in [4.69, 9.17) is 0 Å². The largest absolute Gasteiger partial charge is 0.443 e. The van der Waals surface area contributed by atoms with Crippen LogP contribution in [0.25, 0.3) is 0 Å². The van der Waals surface area contributed by atoms with E-state index in [0.717, 1.165) is 31.3 Å². The van der Waals surface area contributed by atoms with Gasteiger partial charge in [0.2, 0.25) is 6.10 Å². The standard InChI is InChI=1S/C16H11F6NO3/c1-8(24)9-6-12(23-7-9)14(25)26-13(16(20,21)22)10-4-2-3-5-11(10)15(17,18)19/h2-7,13,23H,1H3/t13-/m0/s1. The van der Waals surface area contributed by atoms with Crippen molar-refractivity contribution in [3.63, 3.8) is 0 Å². The highest BCUT2D eigenvalue weighted by Crippen LogP contribution is 2.42. The third-order valence-electron chi connectivity index (χ3n) is 3.38. The number of hydrogen-bond donors (Lipinski definition) is 1. The molecule has 1 heterocycles. The molecule has 0 unspecified atom stereocenters. The van der Waals surface area contributed by atoms with E-state index in [-0.39, 0.29) is 5.56 Å². The minimum Gasteiger partial charge on any atom is -0.443 e. The molecule has 0 spiro atoms. The quantitative estimate of drug-likeness (QED) is 0.476. The van der Waals surface area contributed by atoms with Crippen molar-refractivity contribution in [3.8, 4) is 0 Å². The molecule has 2 rings (SSSR count). The number of nitrogens with one attached hydrogen (secondary N) is 1. The van der Waals surface area contributed by atoms with E-state index in [9.17, 15) is 35.9 Å². The number of Topliss-reactive ketones (excluding diaryl/α,β-unsaturated/α-hetero) is 1. The van der Waals surface area contributed by atoms with Crippen molar-refractivity contribution < 1.29 is 40.7 Å². The average molecular weight is 379 g/mol. The van der Waals surface area contributed by atoms with Gasteiger partial charge in [-0.1, -0.05) is 18.2 Å². The maximum atomic E-state index is 13.3. The Morgan fingerprint density at radius 2 is 1.69 bits per heavy atom. The highest BCUT2D eigenvalue weighted by atomic mass is 19.4. The van der Waals surface area contributed by atoms with Gasteiger partial charge in [-0.05, 0) is 19.1 Å². The van der Waals surface area contributed by atoms with Crippen LogP contribution in [0.4, 0.5) is 26.3 Å². The zero-order valence-electron chi connectivity index (χ0n) is 13.0. The van der Waals surface area contributed by atoms with Crippen LogP contribution in [0.15, 0.2) is 36.5 Å². The van der Waals surface area contributed by atoms with Crippen LogP contribution in [0.5, 0.6) is 0 Å². The number of aromatic nitrogens is 1. The second-order valence-corrected chi connectivity index (χ2v) is 5.27. The molecule has 0 aliphatic heterocycles. The zero-order valence-corrected chi connectivity index (χ0v) is 13.0. The van der Waals surface area contributed by atoms with Gasteiger partial charge in [0.05, 0.1) is 5.56 Å². The van der Waals surface area contributed by atoms with Gasteiger partial charge in [0.1, 0.15) is 5.69 Å². The summed E-state index contributed by atoms with van der Waals surface area (Å²) < 4.78 is 83.1. The van der Waals surface area contributed by atoms with Gasteiger partial charge in [-0.25, -0.2) is 4.79 Å². The lowest BCUT2D eigenvalue weighted by Crippen LogP contribution is -2.28.